The van der Waals surface area contributed by atoms with Crippen molar-refractivity contribution >= 4 is 11.0 Å². The molecule has 0 bridgehead atoms. The Morgan fingerprint density at radius 1 is 1.38 bits per heavy atom. The summed E-state index contributed by atoms with van der Waals surface area (Å²) >= 11 is 0. The van der Waals surface area contributed by atoms with Gasteiger partial charge in [-0.2, -0.15) is 0 Å². The molecule has 0 atom stereocenters. The molecule has 0 aliphatic heterocycles. The molecule has 0 spiro atoms. The average Bonchev–Trinajstić information content (AvgIpc) is 2.66. The summed E-state index contributed by atoms with van der Waals surface area (Å²) in [6.45, 7) is 6.19. The summed E-state index contributed by atoms with van der Waals surface area (Å²) in [5.41, 5.74) is 3.45. The van der Waals surface area contributed by atoms with Gasteiger partial charge < -0.3 is 10.3 Å². The van der Waals surface area contributed by atoms with Gasteiger partial charge in [-0.3, -0.25) is 0 Å². The summed E-state index contributed by atoms with van der Waals surface area (Å²) in [5, 5.41) is 3.38. The molecule has 0 saturated heterocycles. The SMILES string of the molecule is CCCCNCc1nc2ccc(C)cc2[nH]1. The van der Waals surface area contributed by atoms with Crippen LogP contribution in [0.4, 0.5) is 0 Å². The number of aryl methyl sites for hydroxylation is 1. The molecule has 0 aliphatic rings. The van der Waals surface area contributed by atoms with Gasteiger partial charge in [0.2, 0.25) is 0 Å². The zero-order valence-electron chi connectivity index (χ0n) is 10.0. The van der Waals surface area contributed by atoms with Crippen molar-refractivity contribution in [2.75, 3.05) is 6.54 Å². The molecule has 2 rings (SSSR count). The lowest BCUT2D eigenvalue weighted by atomic mass is 10.2. The number of hydrogen-bond donors (Lipinski definition) is 2. The highest BCUT2D eigenvalue weighted by molar-refractivity contribution is 5.75. The van der Waals surface area contributed by atoms with Gasteiger partial charge in [-0.15, -0.1) is 0 Å². The van der Waals surface area contributed by atoms with Gasteiger partial charge in [-0.1, -0.05) is 19.4 Å². The monoisotopic (exact) mass is 217 g/mol. The zero-order chi connectivity index (χ0) is 11.4. The first-order valence-electron chi connectivity index (χ1n) is 5.95. The Balaban J connectivity index is 2.02. The van der Waals surface area contributed by atoms with Crippen LogP contribution >= 0.6 is 0 Å². The van der Waals surface area contributed by atoms with Crippen LogP contribution in [-0.2, 0) is 6.54 Å². The smallest absolute Gasteiger partial charge is 0.121 e. The lowest BCUT2D eigenvalue weighted by Crippen LogP contribution is -2.15. The third-order valence-electron chi connectivity index (χ3n) is 2.69. The van der Waals surface area contributed by atoms with E-state index in [1.54, 1.807) is 0 Å². The molecular weight excluding hydrogens is 198 g/mol. The number of H-pyrrole nitrogens is 1. The third kappa shape index (κ3) is 2.61. The highest BCUT2D eigenvalue weighted by Crippen LogP contribution is 2.12. The van der Waals surface area contributed by atoms with Crippen LogP contribution in [-0.4, -0.2) is 16.5 Å². The first kappa shape index (κ1) is 11.1. The molecule has 16 heavy (non-hydrogen) atoms. The van der Waals surface area contributed by atoms with Gasteiger partial charge in [-0.05, 0) is 37.6 Å². The van der Waals surface area contributed by atoms with Gasteiger partial charge in [0.05, 0.1) is 17.6 Å². The zero-order valence-corrected chi connectivity index (χ0v) is 10.0. The van der Waals surface area contributed by atoms with Gasteiger partial charge >= 0.3 is 0 Å². The number of fused-ring (bicyclic) bond motifs is 1. The van der Waals surface area contributed by atoms with Crippen molar-refractivity contribution in [3.05, 3.63) is 29.6 Å². The largest absolute Gasteiger partial charge is 0.341 e. The molecule has 0 fully saturated rings. The average molecular weight is 217 g/mol. The van der Waals surface area contributed by atoms with Crippen LogP contribution in [0.5, 0.6) is 0 Å². The molecule has 1 heterocycles. The van der Waals surface area contributed by atoms with E-state index in [1.807, 2.05) is 0 Å². The topological polar surface area (TPSA) is 40.7 Å². The number of nitrogens with one attached hydrogen (secondary N) is 2. The van der Waals surface area contributed by atoms with Crippen LogP contribution in [0.1, 0.15) is 31.2 Å². The van der Waals surface area contributed by atoms with Crippen molar-refractivity contribution in [3.8, 4) is 0 Å². The second-order valence-electron chi connectivity index (χ2n) is 4.23. The van der Waals surface area contributed by atoms with Gasteiger partial charge in [0.25, 0.3) is 0 Å². The summed E-state index contributed by atoms with van der Waals surface area (Å²) in [5.74, 6) is 1.02. The number of imidazole rings is 1. The Hall–Kier alpha value is -1.35. The lowest BCUT2D eigenvalue weighted by Gasteiger charge is -1.99. The fourth-order valence-electron chi connectivity index (χ4n) is 1.77. The molecule has 0 unspecified atom stereocenters. The minimum atomic E-state index is 0.827. The van der Waals surface area contributed by atoms with Crippen LogP contribution in [0.2, 0.25) is 0 Å². The molecule has 1 aromatic carbocycles. The van der Waals surface area contributed by atoms with Crippen molar-refractivity contribution in [3.63, 3.8) is 0 Å². The van der Waals surface area contributed by atoms with Crippen LogP contribution < -0.4 is 5.32 Å². The first-order valence-corrected chi connectivity index (χ1v) is 5.95. The minimum Gasteiger partial charge on any atom is -0.341 e. The summed E-state index contributed by atoms with van der Waals surface area (Å²) in [6.07, 6.45) is 2.45. The Labute approximate surface area is 96.3 Å². The molecule has 0 radical (unpaired) electrons. The van der Waals surface area contributed by atoms with Gasteiger partial charge in [-0.25, -0.2) is 4.98 Å². The lowest BCUT2D eigenvalue weighted by molar-refractivity contribution is 0.627. The normalized spacial score (nSPS) is 11.1. The van der Waals surface area contributed by atoms with Crippen molar-refractivity contribution in [2.24, 2.45) is 0 Å². The van der Waals surface area contributed by atoms with E-state index in [0.29, 0.717) is 0 Å². The van der Waals surface area contributed by atoms with E-state index < -0.39 is 0 Å². The number of nitrogens with zero attached hydrogens (tertiary/aromatic N) is 1. The van der Waals surface area contributed by atoms with E-state index in [4.69, 9.17) is 0 Å². The van der Waals surface area contributed by atoms with Crippen molar-refractivity contribution in [1.82, 2.24) is 15.3 Å². The Morgan fingerprint density at radius 3 is 3.06 bits per heavy atom. The van der Waals surface area contributed by atoms with Crippen molar-refractivity contribution in [2.45, 2.75) is 33.2 Å². The molecule has 1 aromatic heterocycles. The van der Waals surface area contributed by atoms with Crippen LogP contribution in [0, 0.1) is 6.92 Å². The molecule has 3 heteroatoms. The number of hydrogen-bond acceptors (Lipinski definition) is 2. The fourth-order valence-corrected chi connectivity index (χ4v) is 1.77. The van der Waals surface area contributed by atoms with Gasteiger partial charge in [0.15, 0.2) is 0 Å². The molecule has 0 amide bonds. The third-order valence-corrected chi connectivity index (χ3v) is 2.69. The summed E-state index contributed by atoms with van der Waals surface area (Å²) in [4.78, 5) is 7.87. The van der Waals surface area contributed by atoms with Crippen molar-refractivity contribution < 1.29 is 0 Å². The van der Waals surface area contributed by atoms with Gasteiger partial charge in [0, 0.05) is 0 Å². The van der Waals surface area contributed by atoms with Crippen LogP contribution in [0.25, 0.3) is 11.0 Å². The maximum atomic E-state index is 4.53. The van der Waals surface area contributed by atoms with E-state index in [2.05, 4.69) is 47.3 Å². The quantitative estimate of drug-likeness (QED) is 0.756. The Kier molecular flexibility index (Phi) is 3.57. The molecule has 86 valence electrons. The minimum absolute atomic E-state index is 0.827. The molecule has 0 saturated carbocycles. The van der Waals surface area contributed by atoms with E-state index in [0.717, 1.165) is 29.9 Å². The second-order valence-corrected chi connectivity index (χ2v) is 4.23. The predicted molar refractivity (Wildman–Crippen MR) is 67.4 cm³/mol. The summed E-state index contributed by atoms with van der Waals surface area (Å²) < 4.78 is 0. The second kappa shape index (κ2) is 5.12. The number of unbranched alkanes of at least 4 members (excludes halogenated alkanes) is 1. The summed E-state index contributed by atoms with van der Waals surface area (Å²) in [6, 6.07) is 6.30. The van der Waals surface area contributed by atoms with E-state index in [-0.39, 0.29) is 0 Å². The molecule has 2 N–H and O–H groups in total. The predicted octanol–water partition coefficient (Wildman–Crippen LogP) is 2.76. The molecular formula is C13H19N3. The number of aromatic nitrogens is 2. The fraction of sp³-hybridized carbons (Fsp3) is 0.462. The Bertz CT molecular complexity index is 459. The molecule has 2 aromatic rings. The standard InChI is InChI=1S/C13H19N3/c1-3-4-7-14-9-13-15-11-6-5-10(2)8-12(11)16-13/h5-6,8,14H,3-4,7,9H2,1-2H3,(H,15,16). The molecule has 3 nitrogen and oxygen atoms in total. The van der Waals surface area contributed by atoms with Crippen LogP contribution in [0.15, 0.2) is 18.2 Å². The number of aromatic amines is 1. The summed E-state index contributed by atoms with van der Waals surface area (Å²) in [7, 11) is 0. The Morgan fingerprint density at radius 2 is 2.25 bits per heavy atom. The highest BCUT2D eigenvalue weighted by atomic mass is 15.0. The first-order chi connectivity index (χ1) is 7.79. The van der Waals surface area contributed by atoms with E-state index in [1.165, 1.54) is 18.4 Å². The molecule has 0 aliphatic carbocycles. The van der Waals surface area contributed by atoms with Gasteiger partial charge in [0.1, 0.15) is 5.82 Å². The maximum Gasteiger partial charge on any atom is 0.121 e. The van der Waals surface area contributed by atoms with E-state index >= 15 is 0 Å². The van der Waals surface area contributed by atoms with E-state index in [9.17, 15) is 0 Å². The maximum absolute atomic E-state index is 4.53. The number of rotatable bonds is 5. The highest BCUT2D eigenvalue weighted by Gasteiger charge is 2.01. The van der Waals surface area contributed by atoms with Crippen LogP contribution in [0.3, 0.4) is 0 Å². The number of benzene rings is 1. The van der Waals surface area contributed by atoms with Crippen molar-refractivity contribution in [1.29, 1.82) is 0 Å².